The minimum Gasteiger partial charge on any atom is -0.394 e. The molecule has 0 saturated heterocycles. The first-order chi connectivity index (χ1) is 8.56. The average molecular weight is 251 g/mol. The summed E-state index contributed by atoms with van der Waals surface area (Å²) in [5.74, 6) is -0.265. The summed E-state index contributed by atoms with van der Waals surface area (Å²) in [6.07, 6.45) is -0.414. The number of methoxy groups -OCH3 is 1. The van der Waals surface area contributed by atoms with Crippen molar-refractivity contribution in [1.29, 1.82) is 0 Å². The topological polar surface area (TPSA) is 75.6 Å². The monoisotopic (exact) mass is 251 g/mol. The van der Waals surface area contributed by atoms with E-state index >= 15 is 0 Å². The maximum Gasteiger partial charge on any atom is 0.227 e. The molecule has 0 aliphatic carbocycles. The summed E-state index contributed by atoms with van der Waals surface area (Å²) < 4.78 is 4.90. The fraction of sp³-hybridized carbons (Fsp3) is 0.385. The number of aliphatic hydroxyl groups excluding tert-OH is 1. The van der Waals surface area contributed by atoms with Crippen LogP contribution in [0.3, 0.4) is 0 Å². The summed E-state index contributed by atoms with van der Waals surface area (Å²) in [4.78, 5) is 22.7. The van der Waals surface area contributed by atoms with Gasteiger partial charge < -0.3 is 15.2 Å². The molecule has 0 aliphatic rings. The molecular formula is C13H17NO4. The third-order valence-corrected chi connectivity index (χ3v) is 2.53. The number of Topliss-reactive ketones (excluding diaryl/α,β-unsaturated/α-hetero) is 1. The van der Waals surface area contributed by atoms with Crippen LogP contribution in [0.15, 0.2) is 24.3 Å². The van der Waals surface area contributed by atoms with E-state index in [0.29, 0.717) is 11.3 Å². The number of rotatable bonds is 6. The van der Waals surface area contributed by atoms with Crippen molar-refractivity contribution in [1.82, 2.24) is 0 Å². The van der Waals surface area contributed by atoms with Crippen LogP contribution in [-0.4, -0.2) is 36.6 Å². The highest BCUT2D eigenvalue weighted by atomic mass is 16.5. The van der Waals surface area contributed by atoms with Crippen LogP contribution in [0.25, 0.3) is 0 Å². The van der Waals surface area contributed by atoms with Gasteiger partial charge in [-0.25, -0.2) is 0 Å². The number of aliphatic hydroxyl groups is 1. The van der Waals surface area contributed by atoms with Crippen LogP contribution in [0.1, 0.15) is 23.7 Å². The SMILES string of the molecule is COC(CO)CC(=O)Nc1ccc(C(C)=O)cc1. The molecule has 0 spiro atoms. The first kappa shape index (κ1) is 14.3. The molecule has 1 amide bonds. The molecule has 1 aromatic carbocycles. The Balaban J connectivity index is 2.56. The van der Waals surface area contributed by atoms with Crippen molar-refractivity contribution in [2.45, 2.75) is 19.4 Å². The molecule has 0 aliphatic heterocycles. The Kier molecular flexibility index (Phi) is 5.48. The summed E-state index contributed by atoms with van der Waals surface area (Å²) in [7, 11) is 1.44. The molecule has 5 nitrogen and oxygen atoms in total. The number of ether oxygens (including phenoxy) is 1. The Labute approximate surface area is 106 Å². The Morgan fingerprint density at radius 3 is 2.39 bits per heavy atom. The van der Waals surface area contributed by atoms with Crippen LogP contribution < -0.4 is 5.32 Å². The van der Waals surface area contributed by atoms with Crippen molar-refractivity contribution < 1.29 is 19.4 Å². The van der Waals surface area contributed by atoms with Gasteiger partial charge in [0.05, 0.1) is 19.1 Å². The van der Waals surface area contributed by atoms with Crippen LogP contribution in [0.2, 0.25) is 0 Å². The Morgan fingerprint density at radius 2 is 1.94 bits per heavy atom. The quantitative estimate of drug-likeness (QED) is 0.745. The van der Waals surface area contributed by atoms with Gasteiger partial charge in [0, 0.05) is 18.4 Å². The van der Waals surface area contributed by atoms with E-state index in [4.69, 9.17) is 9.84 Å². The molecule has 1 aromatic rings. The van der Waals surface area contributed by atoms with Gasteiger partial charge in [-0.3, -0.25) is 9.59 Å². The Bertz CT molecular complexity index is 410. The van der Waals surface area contributed by atoms with Crippen molar-refractivity contribution in [2.24, 2.45) is 0 Å². The number of hydrogen-bond acceptors (Lipinski definition) is 4. The van der Waals surface area contributed by atoms with Crippen molar-refractivity contribution in [2.75, 3.05) is 19.0 Å². The lowest BCUT2D eigenvalue weighted by atomic mass is 10.1. The molecular weight excluding hydrogens is 234 g/mol. The average Bonchev–Trinajstić information content (AvgIpc) is 2.36. The van der Waals surface area contributed by atoms with Gasteiger partial charge >= 0.3 is 0 Å². The number of anilines is 1. The number of ketones is 1. The smallest absolute Gasteiger partial charge is 0.227 e. The highest BCUT2D eigenvalue weighted by Crippen LogP contribution is 2.11. The summed E-state index contributed by atoms with van der Waals surface area (Å²) in [5, 5.41) is 11.6. The molecule has 0 aromatic heterocycles. The zero-order chi connectivity index (χ0) is 13.5. The fourth-order valence-electron chi connectivity index (χ4n) is 1.43. The number of amides is 1. The Morgan fingerprint density at radius 1 is 1.33 bits per heavy atom. The van der Waals surface area contributed by atoms with Crippen molar-refractivity contribution in [3.8, 4) is 0 Å². The second kappa shape index (κ2) is 6.88. The normalized spacial score (nSPS) is 11.9. The minimum absolute atomic E-state index is 0.0207. The molecule has 2 N–H and O–H groups in total. The fourth-order valence-corrected chi connectivity index (χ4v) is 1.43. The highest BCUT2D eigenvalue weighted by molar-refractivity contribution is 5.95. The molecule has 98 valence electrons. The molecule has 0 saturated carbocycles. The van der Waals surface area contributed by atoms with E-state index in [9.17, 15) is 9.59 Å². The standard InChI is InChI=1S/C13H17NO4/c1-9(16)10-3-5-11(6-4-10)14-13(17)7-12(8-15)18-2/h3-6,12,15H,7-8H2,1-2H3,(H,14,17). The van der Waals surface area contributed by atoms with Crippen LogP contribution in [0, 0.1) is 0 Å². The van der Waals surface area contributed by atoms with Gasteiger partial charge in [-0.1, -0.05) is 0 Å². The number of benzene rings is 1. The van der Waals surface area contributed by atoms with E-state index in [1.807, 2.05) is 0 Å². The van der Waals surface area contributed by atoms with Gasteiger partial charge in [0.25, 0.3) is 0 Å². The van der Waals surface area contributed by atoms with Gasteiger partial charge in [0.15, 0.2) is 5.78 Å². The number of hydrogen-bond donors (Lipinski definition) is 2. The molecule has 0 radical (unpaired) electrons. The molecule has 0 bridgehead atoms. The summed E-state index contributed by atoms with van der Waals surface area (Å²) in [6, 6.07) is 6.63. The van der Waals surface area contributed by atoms with Crippen LogP contribution in [-0.2, 0) is 9.53 Å². The molecule has 0 heterocycles. The van der Waals surface area contributed by atoms with Gasteiger partial charge in [-0.15, -0.1) is 0 Å². The molecule has 5 heteroatoms. The van der Waals surface area contributed by atoms with E-state index in [1.54, 1.807) is 24.3 Å². The summed E-state index contributed by atoms with van der Waals surface area (Å²) in [6.45, 7) is 1.28. The Hall–Kier alpha value is -1.72. The number of nitrogens with one attached hydrogen (secondary N) is 1. The lowest BCUT2D eigenvalue weighted by molar-refractivity contribution is -0.119. The predicted octanol–water partition coefficient (Wildman–Crippen LogP) is 1.23. The third-order valence-electron chi connectivity index (χ3n) is 2.53. The van der Waals surface area contributed by atoms with Gasteiger partial charge in [0.1, 0.15) is 0 Å². The second-order valence-corrected chi connectivity index (χ2v) is 3.93. The van der Waals surface area contributed by atoms with E-state index < -0.39 is 6.10 Å². The van der Waals surface area contributed by atoms with Gasteiger partial charge in [-0.05, 0) is 31.2 Å². The van der Waals surface area contributed by atoms with Crippen molar-refractivity contribution >= 4 is 17.4 Å². The zero-order valence-electron chi connectivity index (χ0n) is 10.5. The van der Waals surface area contributed by atoms with E-state index in [0.717, 1.165) is 0 Å². The first-order valence-electron chi connectivity index (χ1n) is 5.61. The highest BCUT2D eigenvalue weighted by Gasteiger charge is 2.12. The maximum atomic E-state index is 11.6. The lowest BCUT2D eigenvalue weighted by Crippen LogP contribution is -2.24. The lowest BCUT2D eigenvalue weighted by Gasteiger charge is -2.12. The van der Waals surface area contributed by atoms with Crippen LogP contribution in [0.4, 0.5) is 5.69 Å². The van der Waals surface area contributed by atoms with E-state index in [2.05, 4.69) is 5.32 Å². The predicted molar refractivity (Wildman–Crippen MR) is 67.6 cm³/mol. The summed E-state index contributed by atoms with van der Waals surface area (Å²) >= 11 is 0. The number of carbonyl (C=O) groups is 2. The van der Waals surface area contributed by atoms with Gasteiger partial charge in [0.2, 0.25) is 5.91 Å². The van der Waals surface area contributed by atoms with E-state index in [1.165, 1.54) is 14.0 Å². The first-order valence-corrected chi connectivity index (χ1v) is 5.61. The number of carbonyl (C=O) groups excluding carboxylic acids is 2. The maximum absolute atomic E-state index is 11.6. The van der Waals surface area contributed by atoms with E-state index in [-0.39, 0.29) is 24.7 Å². The molecule has 1 unspecified atom stereocenters. The molecule has 0 fully saturated rings. The molecule has 18 heavy (non-hydrogen) atoms. The minimum atomic E-state index is -0.499. The van der Waals surface area contributed by atoms with Crippen molar-refractivity contribution in [3.63, 3.8) is 0 Å². The zero-order valence-corrected chi connectivity index (χ0v) is 10.5. The summed E-state index contributed by atoms with van der Waals surface area (Å²) in [5.41, 5.74) is 1.20. The second-order valence-electron chi connectivity index (χ2n) is 3.93. The molecule has 1 rings (SSSR count). The largest absolute Gasteiger partial charge is 0.394 e. The third kappa shape index (κ3) is 4.27. The van der Waals surface area contributed by atoms with Crippen LogP contribution in [0.5, 0.6) is 0 Å². The molecule has 1 atom stereocenters. The van der Waals surface area contributed by atoms with Crippen LogP contribution >= 0.6 is 0 Å². The van der Waals surface area contributed by atoms with Crippen molar-refractivity contribution in [3.05, 3.63) is 29.8 Å². The van der Waals surface area contributed by atoms with Gasteiger partial charge in [-0.2, -0.15) is 0 Å².